The first kappa shape index (κ1) is 17.6. The molecular formula is C19H26N4O2. The van der Waals surface area contributed by atoms with E-state index in [4.69, 9.17) is 5.11 Å². The summed E-state index contributed by atoms with van der Waals surface area (Å²) in [4.78, 5) is 13.7. The molecule has 2 aromatic rings. The molecule has 0 spiro atoms. The molecule has 6 nitrogen and oxygen atoms in total. The van der Waals surface area contributed by atoms with Gasteiger partial charge in [0.25, 0.3) is 0 Å². The molecule has 1 aliphatic heterocycles. The van der Waals surface area contributed by atoms with Crippen molar-refractivity contribution in [3.63, 3.8) is 0 Å². The van der Waals surface area contributed by atoms with E-state index < -0.39 is 0 Å². The van der Waals surface area contributed by atoms with Gasteiger partial charge in [-0.05, 0) is 38.0 Å². The minimum atomic E-state index is 0.0979. The van der Waals surface area contributed by atoms with Gasteiger partial charge in [-0.2, -0.15) is 5.10 Å². The second kappa shape index (κ2) is 7.80. The van der Waals surface area contributed by atoms with Crippen LogP contribution in [0.15, 0.2) is 24.3 Å². The lowest BCUT2D eigenvalue weighted by atomic mass is 10.1. The first-order valence-corrected chi connectivity index (χ1v) is 8.84. The van der Waals surface area contributed by atoms with Gasteiger partial charge < -0.3 is 15.3 Å². The molecule has 1 fully saturated rings. The third-order valence-corrected chi connectivity index (χ3v) is 4.80. The molecular weight excluding hydrogens is 316 g/mol. The van der Waals surface area contributed by atoms with Crippen LogP contribution in [0.3, 0.4) is 0 Å². The van der Waals surface area contributed by atoms with Crippen molar-refractivity contribution in [2.75, 3.05) is 18.1 Å². The standard InChI is InChI=1S/C19H26N4O2/c1-14-18(15(2)23(21-14)10-11-24)13-20-12-16-5-7-17(8-6-16)22-9-3-4-19(22)25/h5-8,20,24H,3-4,9-13H2,1-2H3. The fraction of sp³-hybridized carbons (Fsp3) is 0.474. The van der Waals surface area contributed by atoms with E-state index in [9.17, 15) is 4.79 Å². The number of aliphatic hydroxyl groups is 1. The van der Waals surface area contributed by atoms with E-state index in [1.165, 1.54) is 11.1 Å². The molecule has 1 aromatic carbocycles. The number of anilines is 1. The number of hydrogen-bond donors (Lipinski definition) is 2. The Morgan fingerprint density at radius 1 is 1.20 bits per heavy atom. The quantitative estimate of drug-likeness (QED) is 0.806. The van der Waals surface area contributed by atoms with Crippen LogP contribution in [0.1, 0.15) is 35.4 Å². The summed E-state index contributed by atoms with van der Waals surface area (Å²) >= 11 is 0. The zero-order chi connectivity index (χ0) is 17.8. The topological polar surface area (TPSA) is 70.4 Å². The van der Waals surface area contributed by atoms with Gasteiger partial charge in [0.15, 0.2) is 0 Å². The summed E-state index contributed by atoms with van der Waals surface area (Å²) in [6.07, 6.45) is 1.61. The van der Waals surface area contributed by atoms with E-state index in [1.807, 2.05) is 35.6 Å². The molecule has 134 valence electrons. The predicted molar refractivity (Wildman–Crippen MR) is 97.4 cm³/mol. The zero-order valence-electron chi connectivity index (χ0n) is 15.0. The number of aromatic nitrogens is 2. The number of carbonyl (C=O) groups is 1. The van der Waals surface area contributed by atoms with Crippen LogP contribution in [0.4, 0.5) is 5.69 Å². The fourth-order valence-corrected chi connectivity index (χ4v) is 3.35. The highest BCUT2D eigenvalue weighted by atomic mass is 16.3. The van der Waals surface area contributed by atoms with Crippen molar-refractivity contribution in [2.45, 2.75) is 46.3 Å². The highest BCUT2D eigenvalue weighted by Gasteiger charge is 2.21. The van der Waals surface area contributed by atoms with Crippen molar-refractivity contribution < 1.29 is 9.90 Å². The van der Waals surface area contributed by atoms with E-state index >= 15 is 0 Å². The van der Waals surface area contributed by atoms with Gasteiger partial charge in [0.2, 0.25) is 5.91 Å². The van der Waals surface area contributed by atoms with Crippen LogP contribution in [0, 0.1) is 13.8 Å². The third kappa shape index (κ3) is 3.91. The largest absolute Gasteiger partial charge is 0.394 e. The molecule has 6 heteroatoms. The molecule has 0 saturated carbocycles. The van der Waals surface area contributed by atoms with E-state index in [0.717, 1.165) is 43.1 Å². The molecule has 25 heavy (non-hydrogen) atoms. The number of rotatable bonds is 7. The molecule has 0 radical (unpaired) electrons. The second-order valence-electron chi connectivity index (χ2n) is 6.52. The summed E-state index contributed by atoms with van der Waals surface area (Å²) in [6, 6.07) is 8.19. The van der Waals surface area contributed by atoms with Gasteiger partial charge in [0.1, 0.15) is 0 Å². The summed E-state index contributed by atoms with van der Waals surface area (Å²) in [7, 11) is 0. The molecule has 1 aromatic heterocycles. The van der Waals surface area contributed by atoms with Crippen LogP contribution in [0.25, 0.3) is 0 Å². The number of aryl methyl sites for hydroxylation is 1. The van der Waals surface area contributed by atoms with E-state index in [-0.39, 0.29) is 12.5 Å². The Hall–Kier alpha value is -2.18. The van der Waals surface area contributed by atoms with Gasteiger partial charge in [0.05, 0.1) is 18.8 Å². The van der Waals surface area contributed by atoms with E-state index in [1.54, 1.807) is 0 Å². The fourth-order valence-electron chi connectivity index (χ4n) is 3.35. The average Bonchev–Trinajstić information content (AvgIpc) is 3.14. The maximum absolute atomic E-state index is 11.8. The lowest BCUT2D eigenvalue weighted by Crippen LogP contribution is -2.23. The SMILES string of the molecule is Cc1nn(CCO)c(C)c1CNCc1ccc(N2CCCC2=O)cc1. The van der Waals surface area contributed by atoms with Crippen LogP contribution in [0.2, 0.25) is 0 Å². The molecule has 0 atom stereocenters. The number of carbonyl (C=O) groups excluding carboxylic acids is 1. The van der Waals surface area contributed by atoms with Crippen LogP contribution in [0.5, 0.6) is 0 Å². The van der Waals surface area contributed by atoms with Crippen molar-refractivity contribution in [1.82, 2.24) is 15.1 Å². The molecule has 1 aliphatic rings. The highest BCUT2D eigenvalue weighted by molar-refractivity contribution is 5.95. The minimum Gasteiger partial charge on any atom is -0.394 e. The lowest BCUT2D eigenvalue weighted by molar-refractivity contribution is -0.117. The number of benzene rings is 1. The number of nitrogens with zero attached hydrogens (tertiary/aromatic N) is 3. The smallest absolute Gasteiger partial charge is 0.227 e. The lowest BCUT2D eigenvalue weighted by Gasteiger charge is -2.16. The highest BCUT2D eigenvalue weighted by Crippen LogP contribution is 2.21. The van der Waals surface area contributed by atoms with Crippen molar-refractivity contribution in [1.29, 1.82) is 0 Å². The van der Waals surface area contributed by atoms with Gasteiger partial charge in [-0.3, -0.25) is 9.48 Å². The Morgan fingerprint density at radius 3 is 2.60 bits per heavy atom. The maximum atomic E-state index is 11.8. The zero-order valence-corrected chi connectivity index (χ0v) is 15.0. The Labute approximate surface area is 148 Å². The van der Waals surface area contributed by atoms with Crippen LogP contribution >= 0.6 is 0 Å². The molecule has 0 bridgehead atoms. The monoisotopic (exact) mass is 342 g/mol. The predicted octanol–water partition coefficient (Wildman–Crippen LogP) is 1.91. The van der Waals surface area contributed by atoms with Crippen molar-refractivity contribution >= 4 is 11.6 Å². The summed E-state index contributed by atoms with van der Waals surface area (Å²) in [5.41, 5.74) is 5.47. The third-order valence-electron chi connectivity index (χ3n) is 4.80. The van der Waals surface area contributed by atoms with Gasteiger partial charge in [0, 0.05) is 43.0 Å². The van der Waals surface area contributed by atoms with Gasteiger partial charge >= 0.3 is 0 Å². The minimum absolute atomic E-state index is 0.0979. The molecule has 2 N–H and O–H groups in total. The first-order chi connectivity index (χ1) is 12.1. The average molecular weight is 342 g/mol. The molecule has 3 rings (SSSR count). The Bertz CT molecular complexity index is 737. The van der Waals surface area contributed by atoms with Crippen LogP contribution in [-0.4, -0.2) is 33.9 Å². The van der Waals surface area contributed by atoms with Crippen LogP contribution in [-0.2, 0) is 24.4 Å². The summed E-state index contributed by atoms with van der Waals surface area (Å²) in [5, 5.41) is 17.0. The maximum Gasteiger partial charge on any atom is 0.227 e. The molecule has 0 aliphatic carbocycles. The summed E-state index contributed by atoms with van der Waals surface area (Å²) < 4.78 is 1.86. The molecule has 2 heterocycles. The van der Waals surface area contributed by atoms with Crippen molar-refractivity contribution in [3.8, 4) is 0 Å². The Kier molecular flexibility index (Phi) is 5.50. The number of aliphatic hydroxyl groups excluding tert-OH is 1. The molecule has 1 saturated heterocycles. The van der Waals surface area contributed by atoms with E-state index in [0.29, 0.717) is 13.0 Å². The normalized spacial score (nSPS) is 14.5. The van der Waals surface area contributed by atoms with Crippen molar-refractivity contribution in [2.24, 2.45) is 0 Å². The molecule has 1 amide bonds. The Morgan fingerprint density at radius 2 is 1.96 bits per heavy atom. The van der Waals surface area contributed by atoms with Gasteiger partial charge in [-0.15, -0.1) is 0 Å². The number of nitrogens with one attached hydrogen (secondary N) is 1. The summed E-state index contributed by atoms with van der Waals surface area (Å²) in [5.74, 6) is 0.219. The van der Waals surface area contributed by atoms with E-state index in [2.05, 4.69) is 22.5 Å². The van der Waals surface area contributed by atoms with Gasteiger partial charge in [-0.1, -0.05) is 12.1 Å². The summed E-state index contributed by atoms with van der Waals surface area (Å²) in [6.45, 7) is 7.00. The number of hydrogen-bond acceptors (Lipinski definition) is 4. The van der Waals surface area contributed by atoms with Crippen molar-refractivity contribution in [3.05, 3.63) is 46.8 Å². The number of amides is 1. The van der Waals surface area contributed by atoms with Crippen LogP contribution < -0.4 is 10.2 Å². The Balaban J connectivity index is 1.56. The second-order valence-corrected chi connectivity index (χ2v) is 6.52. The van der Waals surface area contributed by atoms with Gasteiger partial charge in [-0.25, -0.2) is 0 Å². The first-order valence-electron chi connectivity index (χ1n) is 8.84. The molecule has 0 unspecified atom stereocenters.